The second-order valence-electron chi connectivity index (χ2n) is 8.27. The van der Waals surface area contributed by atoms with Gasteiger partial charge in [0.25, 0.3) is 5.56 Å². The molecule has 1 saturated heterocycles. The lowest BCUT2D eigenvalue weighted by Crippen LogP contribution is -2.37. The third-order valence-corrected chi connectivity index (χ3v) is 5.89. The average molecular weight is 393 g/mol. The van der Waals surface area contributed by atoms with Crippen molar-refractivity contribution in [1.82, 2.24) is 14.5 Å². The smallest absolute Gasteiger partial charge is 0.253 e. The maximum Gasteiger partial charge on any atom is 0.253 e. The summed E-state index contributed by atoms with van der Waals surface area (Å²) in [7, 11) is 0. The van der Waals surface area contributed by atoms with Gasteiger partial charge in [-0.2, -0.15) is 5.26 Å². The molecule has 2 aromatic heterocycles. The molecule has 7 heteroatoms. The number of hydrogen-bond donors (Lipinski definition) is 0. The highest BCUT2D eigenvalue weighted by molar-refractivity contribution is 5.56. The van der Waals surface area contributed by atoms with Gasteiger partial charge >= 0.3 is 0 Å². The number of hydrogen-bond acceptors (Lipinski definition) is 6. The van der Waals surface area contributed by atoms with Gasteiger partial charge in [-0.25, -0.2) is 9.97 Å². The molecule has 0 atom stereocenters. The zero-order valence-electron chi connectivity index (χ0n) is 17.1. The van der Waals surface area contributed by atoms with E-state index in [0.717, 1.165) is 55.1 Å². The Hall–Kier alpha value is -2.72. The Labute approximate surface area is 171 Å². The zero-order chi connectivity index (χ0) is 20.4. The lowest BCUT2D eigenvalue weighted by atomic mass is 9.96. The number of fused-ring (bicyclic) bond motifs is 1. The van der Waals surface area contributed by atoms with Crippen molar-refractivity contribution < 1.29 is 4.74 Å². The molecule has 0 saturated carbocycles. The summed E-state index contributed by atoms with van der Waals surface area (Å²) >= 11 is 0. The van der Waals surface area contributed by atoms with E-state index in [1.165, 1.54) is 0 Å². The highest BCUT2D eigenvalue weighted by Gasteiger charge is 2.25. The quantitative estimate of drug-likeness (QED) is 0.794. The third kappa shape index (κ3) is 4.18. The standard InChI is InChI=1S/C22H27N5O2/c1-15(2)20-10-21(28)27(14-24-20)12-16-3-6-26(7-4-16)22-17(11-23)9-18-13-29-8-5-19(18)25-22/h9-10,14-16H,3-8,12-13H2,1-2H3. The molecule has 2 aromatic rings. The second kappa shape index (κ2) is 8.34. The number of piperidine rings is 1. The molecule has 0 amide bonds. The molecule has 2 aliphatic heterocycles. The van der Waals surface area contributed by atoms with Crippen LogP contribution < -0.4 is 10.5 Å². The van der Waals surface area contributed by atoms with Crippen LogP contribution in [0.2, 0.25) is 0 Å². The molecule has 0 aromatic carbocycles. The zero-order valence-corrected chi connectivity index (χ0v) is 17.1. The lowest BCUT2D eigenvalue weighted by molar-refractivity contribution is 0.109. The van der Waals surface area contributed by atoms with Crippen molar-refractivity contribution in [3.05, 3.63) is 51.3 Å². The van der Waals surface area contributed by atoms with Crippen LogP contribution in [-0.2, 0) is 24.3 Å². The molecular weight excluding hydrogens is 366 g/mol. The van der Waals surface area contributed by atoms with E-state index in [1.54, 1.807) is 17.0 Å². The van der Waals surface area contributed by atoms with Crippen molar-refractivity contribution in [2.75, 3.05) is 24.6 Å². The van der Waals surface area contributed by atoms with Gasteiger partial charge in [-0.15, -0.1) is 0 Å². The van der Waals surface area contributed by atoms with Gasteiger partial charge in [-0.3, -0.25) is 9.36 Å². The molecule has 0 bridgehead atoms. The Balaban J connectivity index is 1.44. The van der Waals surface area contributed by atoms with Crippen LogP contribution >= 0.6 is 0 Å². The van der Waals surface area contributed by atoms with Gasteiger partial charge in [0.05, 0.1) is 36.5 Å². The van der Waals surface area contributed by atoms with Crippen LogP contribution in [0.3, 0.4) is 0 Å². The fraction of sp³-hybridized carbons (Fsp3) is 0.545. The fourth-order valence-electron chi connectivity index (χ4n) is 4.10. The van der Waals surface area contributed by atoms with E-state index >= 15 is 0 Å². The predicted molar refractivity (Wildman–Crippen MR) is 110 cm³/mol. The van der Waals surface area contributed by atoms with Crippen molar-refractivity contribution >= 4 is 5.82 Å². The number of anilines is 1. The van der Waals surface area contributed by atoms with Gasteiger partial charge < -0.3 is 9.64 Å². The molecule has 0 N–H and O–H groups in total. The minimum absolute atomic E-state index is 0.0245. The maximum absolute atomic E-state index is 12.4. The fourth-order valence-corrected chi connectivity index (χ4v) is 4.10. The first-order valence-corrected chi connectivity index (χ1v) is 10.4. The molecule has 152 valence electrons. The molecule has 29 heavy (non-hydrogen) atoms. The monoisotopic (exact) mass is 393 g/mol. The van der Waals surface area contributed by atoms with E-state index in [4.69, 9.17) is 9.72 Å². The molecule has 0 radical (unpaired) electrons. The van der Waals surface area contributed by atoms with Crippen LogP contribution in [0.5, 0.6) is 0 Å². The topological polar surface area (TPSA) is 84.0 Å². The molecule has 4 rings (SSSR count). The summed E-state index contributed by atoms with van der Waals surface area (Å²) in [4.78, 5) is 23.8. The Morgan fingerprint density at radius 1 is 1.31 bits per heavy atom. The highest BCUT2D eigenvalue weighted by atomic mass is 16.5. The summed E-state index contributed by atoms with van der Waals surface area (Å²) in [6, 6.07) is 5.89. The summed E-state index contributed by atoms with van der Waals surface area (Å²) in [5.74, 6) is 1.48. The number of nitriles is 1. The van der Waals surface area contributed by atoms with Gasteiger partial charge in [-0.1, -0.05) is 13.8 Å². The summed E-state index contributed by atoms with van der Waals surface area (Å²) in [5, 5.41) is 9.59. The van der Waals surface area contributed by atoms with E-state index in [1.807, 2.05) is 19.9 Å². The first kappa shape index (κ1) is 19.6. The first-order chi connectivity index (χ1) is 14.0. The van der Waals surface area contributed by atoms with Crippen molar-refractivity contribution in [2.24, 2.45) is 5.92 Å². The van der Waals surface area contributed by atoms with Crippen molar-refractivity contribution in [3.8, 4) is 6.07 Å². The van der Waals surface area contributed by atoms with E-state index in [9.17, 15) is 10.1 Å². The molecule has 0 unspecified atom stereocenters. The SMILES string of the molecule is CC(C)c1cc(=O)n(CC2CCN(c3nc4c(cc3C#N)COCC4)CC2)cn1. The van der Waals surface area contributed by atoms with Crippen LogP contribution in [0, 0.1) is 17.2 Å². The van der Waals surface area contributed by atoms with Crippen molar-refractivity contribution in [3.63, 3.8) is 0 Å². The predicted octanol–water partition coefficient (Wildman–Crippen LogP) is 2.62. The highest BCUT2D eigenvalue weighted by Crippen LogP contribution is 2.28. The number of pyridine rings is 1. The van der Waals surface area contributed by atoms with Crippen molar-refractivity contribution in [2.45, 2.75) is 52.2 Å². The maximum atomic E-state index is 12.4. The normalized spacial score (nSPS) is 17.2. The minimum atomic E-state index is 0.0245. The summed E-state index contributed by atoms with van der Waals surface area (Å²) in [6.07, 6.45) is 4.41. The van der Waals surface area contributed by atoms with E-state index < -0.39 is 0 Å². The molecule has 1 fully saturated rings. The van der Waals surface area contributed by atoms with Gasteiger partial charge in [0.1, 0.15) is 11.9 Å². The van der Waals surface area contributed by atoms with Gasteiger partial charge in [0.2, 0.25) is 0 Å². The summed E-state index contributed by atoms with van der Waals surface area (Å²) in [5.41, 5.74) is 3.57. The molecule has 7 nitrogen and oxygen atoms in total. The Morgan fingerprint density at radius 2 is 2.10 bits per heavy atom. The summed E-state index contributed by atoms with van der Waals surface area (Å²) < 4.78 is 7.21. The van der Waals surface area contributed by atoms with E-state index in [2.05, 4.69) is 16.0 Å². The summed E-state index contributed by atoms with van der Waals surface area (Å²) in [6.45, 7) is 7.68. The van der Waals surface area contributed by atoms with Crippen LogP contribution in [0.1, 0.15) is 55.1 Å². The van der Waals surface area contributed by atoms with Crippen LogP contribution in [0.15, 0.2) is 23.3 Å². The van der Waals surface area contributed by atoms with E-state index in [0.29, 0.717) is 31.2 Å². The molecule has 0 aliphatic carbocycles. The van der Waals surface area contributed by atoms with Gasteiger partial charge in [0.15, 0.2) is 0 Å². The van der Waals surface area contributed by atoms with Crippen LogP contribution in [0.25, 0.3) is 0 Å². The molecule has 2 aliphatic rings. The average Bonchev–Trinajstić information content (AvgIpc) is 2.74. The minimum Gasteiger partial charge on any atom is -0.376 e. The molecule has 4 heterocycles. The Bertz CT molecular complexity index is 984. The van der Waals surface area contributed by atoms with Crippen molar-refractivity contribution in [1.29, 1.82) is 5.26 Å². The van der Waals surface area contributed by atoms with Crippen LogP contribution in [0.4, 0.5) is 5.82 Å². The first-order valence-electron chi connectivity index (χ1n) is 10.4. The largest absolute Gasteiger partial charge is 0.376 e. The Kier molecular flexibility index (Phi) is 5.63. The van der Waals surface area contributed by atoms with Gasteiger partial charge in [0, 0.05) is 37.7 Å². The lowest BCUT2D eigenvalue weighted by Gasteiger charge is -2.34. The number of nitrogens with zero attached hydrogens (tertiary/aromatic N) is 5. The number of aromatic nitrogens is 3. The van der Waals surface area contributed by atoms with E-state index in [-0.39, 0.29) is 11.5 Å². The third-order valence-electron chi connectivity index (χ3n) is 5.89. The van der Waals surface area contributed by atoms with Gasteiger partial charge in [-0.05, 0) is 30.7 Å². The van der Waals surface area contributed by atoms with Crippen LogP contribution in [-0.4, -0.2) is 34.2 Å². The molecule has 0 spiro atoms. The second-order valence-corrected chi connectivity index (χ2v) is 8.27. The molecular formula is C22H27N5O2. The number of ether oxygens (including phenoxy) is 1. The Morgan fingerprint density at radius 3 is 2.79 bits per heavy atom. The number of rotatable bonds is 4.